The smallest absolute Gasteiger partial charge is 0.198 e. The number of nitrogens with zero attached hydrogens (tertiary/aromatic N) is 1. The van der Waals surface area contributed by atoms with E-state index >= 15 is 0 Å². The van der Waals surface area contributed by atoms with Crippen LogP contribution < -0.4 is 10.5 Å². The minimum atomic E-state index is 0.296. The lowest BCUT2D eigenvalue weighted by Crippen LogP contribution is -1.91. The number of hydrogen-bond acceptors (Lipinski definition) is 3. The molecule has 0 bridgehead atoms. The number of nitrogens with one attached hydrogen (secondary N) is 1. The molecule has 0 saturated heterocycles. The molecule has 4 nitrogen and oxygen atoms in total. The molecule has 7 heteroatoms. The minimum absolute atomic E-state index is 0.296. The first-order chi connectivity index (χ1) is 8.02. The summed E-state index contributed by atoms with van der Waals surface area (Å²) in [6.07, 6.45) is 0. The molecule has 0 saturated carbocycles. The first-order valence-electron chi connectivity index (χ1n) is 4.57. The van der Waals surface area contributed by atoms with Crippen LogP contribution in [0.1, 0.15) is 0 Å². The standard InChI is InChI=1S/C10H8BrCl2N3O/c1-17-8-5(2-4(12)3-6(8)13)7-9(11)16-10(14)15-7/h2-3H,1H3,(H3,14,15,16). The van der Waals surface area contributed by atoms with Crippen molar-refractivity contribution < 1.29 is 4.74 Å². The highest BCUT2D eigenvalue weighted by atomic mass is 79.9. The third-order valence-electron chi connectivity index (χ3n) is 2.15. The average Bonchev–Trinajstić information content (AvgIpc) is 2.56. The molecule has 0 aliphatic rings. The molecule has 0 amide bonds. The Bertz CT molecular complexity index is 571. The molecule has 0 aliphatic heterocycles. The fourth-order valence-corrected chi connectivity index (χ4v) is 2.57. The van der Waals surface area contributed by atoms with Gasteiger partial charge in [-0.15, -0.1) is 0 Å². The van der Waals surface area contributed by atoms with E-state index in [1.807, 2.05) is 0 Å². The van der Waals surface area contributed by atoms with Crippen molar-refractivity contribution in [3.63, 3.8) is 0 Å². The van der Waals surface area contributed by atoms with Crippen molar-refractivity contribution in [2.45, 2.75) is 0 Å². The van der Waals surface area contributed by atoms with Crippen molar-refractivity contribution in [3.8, 4) is 17.0 Å². The Morgan fingerprint density at radius 2 is 2.12 bits per heavy atom. The van der Waals surface area contributed by atoms with Gasteiger partial charge in [0, 0.05) is 10.6 Å². The molecule has 0 fully saturated rings. The van der Waals surface area contributed by atoms with Crippen LogP contribution in [0.3, 0.4) is 0 Å². The molecule has 90 valence electrons. The number of aromatic amines is 1. The van der Waals surface area contributed by atoms with Gasteiger partial charge >= 0.3 is 0 Å². The van der Waals surface area contributed by atoms with Crippen molar-refractivity contribution in [2.75, 3.05) is 12.8 Å². The van der Waals surface area contributed by atoms with Crippen LogP contribution in [0.4, 0.5) is 5.95 Å². The maximum absolute atomic E-state index is 6.05. The largest absolute Gasteiger partial charge is 0.494 e. The van der Waals surface area contributed by atoms with Gasteiger partial charge in [-0.2, -0.15) is 0 Å². The van der Waals surface area contributed by atoms with Crippen LogP contribution in [-0.2, 0) is 0 Å². The molecule has 3 N–H and O–H groups in total. The predicted molar refractivity (Wildman–Crippen MR) is 72.7 cm³/mol. The SMILES string of the molecule is COc1c(Cl)cc(Cl)cc1-c1nc(N)[nH]c1Br. The number of aromatic nitrogens is 2. The van der Waals surface area contributed by atoms with Crippen LogP contribution in [0, 0.1) is 0 Å². The number of halogens is 3. The molecule has 2 aromatic rings. The lowest BCUT2D eigenvalue weighted by Gasteiger charge is -2.09. The van der Waals surface area contributed by atoms with Crippen LogP contribution in [0.2, 0.25) is 10.0 Å². The summed E-state index contributed by atoms with van der Waals surface area (Å²) in [5, 5.41) is 0.919. The zero-order valence-electron chi connectivity index (χ0n) is 8.72. The fraction of sp³-hybridized carbons (Fsp3) is 0.100. The highest BCUT2D eigenvalue weighted by Crippen LogP contribution is 2.40. The van der Waals surface area contributed by atoms with Gasteiger partial charge in [-0.1, -0.05) is 23.2 Å². The van der Waals surface area contributed by atoms with E-state index in [0.29, 0.717) is 37.6 Å². The molecule has 1 heterocycles. The monoisotopic (exact) mass is 335 g/mol. The van der Waals surface area contributed by atoms with Crippen molar-refractivity contribution in [2.24, 2.45) is 0 Å². The van der Waals surface area contributed by atoms with E-state index in [9.17, 15) is 0 Å². The molecule has 0 aliphatic carbocycles. The molecule has 1 aromatic carbocycles. The summed E-state index contributed by atoms with van der Waals surface area (Å²) in [4.78, 5) is 6.99. The van der Waals surface area contributed by atoms with Gasteiger partial charge in [0.2, 0.25) is 0 Å². The van der Waals surface area contributed by atoms with E-state index in [1.165, 1.54) is 7.11 Å². The minimum Gasteiger partial charge on any atom is -0.494 e. The van der Waals surface area contributed by atoms with Gasteiger partial charge in [-0.25, -0.2) is 4.98 Å². The first kappa shape index (κ1) is 12.5. The van der Waals surface area contributed by atoms with E-state index in [4.69, 9.17) is 33.7 Å². The maximum atomic E-state index is 6.05. The van der Waals surface area contributed by atoms with Gasteiger partial charge < -0.3 is 15.5 Å². The van der Waals surface area contributed by atoms with Crippen LogP contribution in [0.15, 0.2) is 16.7 Å². The zero-order chi connectivity index (χ0) is 12.6. The normalized spacial score (nSPS) is 10.6. The Hall–Kier alpha value is -0.910. The van der Waals surface area contributed by atoms with Crippen molar-refractivity contribution in [3.05, 3.63) is 26.8 Å². The maximum Gasteiger partial charge on any atom is 0.198 e. The summed E-state index contributed by atoms with van der Waals surface area (Å²) in [6, 6.07) is 3.32. The number of nitrogens with two attached hydrogens (primary N) is 1. The van der Waals surface area contributed by atoms with E-state index in [1.54, 1.807) is 12.1 Å². The van der Waals surface area contributed by atoms with Gasteiger partial charge in [0.25, 0.3) is 0 Å². The quantitative estimate of drug-likeness (QED) is 0.878. The van der Waals surface area contributed by atoms with Crippen LogP contribution in [0.25, 0.3) is 11.3 Å². The van der Waals surface area contributed by atoms with Gasteiger partial charge in [-0.05, 0) is 28.1 Å². The third kappa shape index (κ3) is 2.36. The van der Waals surface area contributed by atoms with Gasteiger partial charge in [0.05, 0.1) is 12.1 Å². The summed E-state index contributed by atoms with van der Waals surface area (Å²) < 4.78 is 5.89. The van der Waals surface area contributed by atoms with Crippen LogP contribution >= 0.6 is 39.1 Å². The number of ether oxygens (including phenoxy) is 1. The van der Waals surface area contributed by atoms with E-state index in [-0.39, 0.29) is 0 Å². The number of benzene rings is 1. The van der Waals surface area contributed by atoms with Crippen molar-refractivity contribution in [1.29, 1.82) is 0 Å². The number of imidazole rings is 1. The second-order valence-electron chi connectivity index (χ2n) is 3.25. The molecule has 2 rings (SSSR count). The first-order valence-corrected chi connectivity index (χ1v) is 6.12. The predicted octanol–water partition coefficient (Wildman–Crippen LogP) is 3.74. The summed E-state index contributed by atoms with van der Waals surface area (Å²) in [6.45, 7) is 0. The lowest BCUT2D eigenvalue weighted by atomic mass is 10.1. The Morgan fingerprint density at radius 3 is 2.65 bits per heavy atom. The third-order valence-corrected chi connectivity index (χ3v) is 3.22. The number of methoxy groups -OCH3 is 1. The average molecular weight is 337 g/mol. The van der Waals surface area contributed by atoms with Gasteiger partial charge in [0.1, 0.15) is 16.0 Å². The Balaban J connectivity index is 2.69. The second kappa shape index (κ2) is 4.76. The molecule has 0 atom stereocenters. The molecule has 1 aromatic heterocycles. The zero-order valence-corrected chi connectivity index (χ0v) is 11.8. The van der Waals surface area contributed by atoms with E-state index in [2.05, 4.69) is 25.9 Å². The number of H-pyrrole nitrogens is 1. The topological polar surface area (TPSA) is 63.9 Å². The number of anilines is 1. The fourth-order valence-electron chi connectivity index (χ4n) is 1.49. The molecule has 0 radical (unpaired) electrons. The van der Waals surface area contributed by atoms with E-state index < -0.39 is 0 Å². The summed E-state index contributed by atoms with van der Waals surface area (Å²) in [5.41, 5.74) is 6.85. The molecule has 0 unspecified atom stereocenters. The molecular formula is C10H8BrCl2N3O. The number of nitrogen functional groups attached to an aromatic ring is 1. The van der Waals surface area contributed by atoms with Crippen molar-refractivity contribution >= 4 is 45.1 Å². The molecule has 0 spiro atoms. The Morgan fingerprint density at radius 1 is 1.41 bits per heavy atom. The number of rotatable bonds is 2. The van der Waals surface area contributed by atoms with E-state index in [0.717, 1.165) is 0 Å². The number of hydrogen-bond donors (Lipinski definition) is 2. The van der Waals surface area contributed by atoms with Crippen molar-refractivity contribution in [1.82, 2.24) is 9.97 Å². The summed E-state index contributed by atoms with van der Waals surface area (Å²) >= 11 is 15.3. The second-order valence-corrected chi connectivity index (χ2v) is 4.89. The Kier molecular flexibility index (Phi) is 3.51. The molecule has 17 heavy (non-hydrogen) atoms. The van der Waals surface area contributed by atoms with Gasteiger partial charge in [0.15, 0.2) is 5.95 Å². The molecular weight excluding hydrogens is 329 g/mol. The van der Waals surface area contributed by atoms with Gasteiger partial charge in [-0.3, -0.25) is 0 Å². The highest BCUT2D eigenvalue weighted by Gasteiger charge is 2.17. The Labute approximate surface area is 116 Å². The summed E-state index contributed by atoms with van der Waals surface area (Å²) in [7, 11) is 1.53. The lowest BCUT2D eigenvalue weighted by molar-refractivity contribution is 0.416. The highest BCUT2D eigenvalue weighted by molar-refractivity contribution is 9.10. The van der Waals surface area contributed by atoms with Crippen LogP contribution in [0.5, 0.6) is 5.75 Å². The summed E-state index contributed by atoms with van der Waals surface area (Å²) in [5.74, 6) is 0.799. The van der Waals surface area contributed by atoms with Crippen LogP contribution in [-0.4, -0.2) is 17.1 Å².